The van der Waals surface area contributed by atoms with Crippen LogP contribution in [0.5, 0.6) is 0 Å². The highest BCUT2D eigenvalue weighted by molar-refractivity contribution is 5.37. The van der Waals surface area contributed by atoms with Gasteiger partial charge in [0.1, 0.15) is 0 Å². The zero-order valence-electron chi connectivity index (χ0n) is 16.7. The Morgan fingerprint density at radius 1 is 0.923 bits per heavy atom. The lowest BCUT2D eigenvalue weighted by molar-refractivity contribution is 0.309. The lowest BCUT2D eigenvalue weighted by Gasteiger charge is -2.28. The molecule has 2 saturated carbocycles. The Labute approximate surface area is 161 Å². The molecular formula is C26H36. The highest BCUT2D eigenvalue weighted by Crippen LogP contribution is 2.37. The van der Waals surface area contributed by atoms with Gasteiger partial charge in [-0.1, -0.05) is 43.4 Å². The predicted molar refractivity (Wildman–Crippen MR) is 113 cm³/mol. The maximum Gasteiger partial charge on any atom is 0.0245 e. The van der Waals surface area contributed by atoms with Crippen LogP contribution >= 0.6 is 0 Å². The Morgan fingerprint density at radius 2 is 1.58 bits per heavy atom. The van der Waals surface area contributed by atoms with Gasteiger partial charge >= 0.3 is 0 Å². The van der Waals surface area contributed by atoms with E-state index in [1.54, 1.807) is 0 Å². The van der Waals surface area contributed by atoms with Crippen molar-refractivity contribution in [1.29, 1.82) is 0 Å². The average Bonchev–Trinajstić information content (AvgIpc) is 2.72. The minimum atomic E-state index is 0.628. The Kier molecular flexibility index (Phi) is 7.43. The molecule has 2 aliphatic carbocycles. The first-order valence-corrected chi connectivity index (χ1v) is 11.0. The third kappa shape index (κ3) is 5.51. The highest BCUT2D eigenvalue weighted by atomic mass is 14.3. The fourth-order valence-electron chi connectivity index (χ4n) is 4.88. The van der Waals surface area contributed by atoms with Gasteiger partial charge in [-0.05, 0) is 99.7 Å². The molecule has 0 saturated heterocycles. The van der Waals surface area contributed by atoms with E-state index in [0.717, 1.165) is 17.8 Å². The van der Waals surface area contributed by atoms with Gasteiger partial charge < -0.3 is 0 Å². The van der Waals surface area contributed by atoms with Gasteiger partial charge in [0.2, 0.25) is 0 Å². The molecule has 0 N–H and O–H groups in total. The molecule has 0 heterocycles. The molecular weight excluding hydrogens is 312 g/mol. The fraction of sp³-hybridized carbons (Fsp3) is 0.615. The Bertz CT molecular complexity index is 596. The molecule has 0 radical (unpaired) electrons. The standard InChI is InChI=1S/C26H36/c1-3-5-6-22-13-17-25(18-14-22)26-19-15-24(16-20-26)12-11-23-9-7-21(4-2)8-10-23/h3,15-16,19-23,25H,1,4-10,13-14,17-18H2,2H3/t21-,22-,23-,25-. The van der Waals surface area contributed by atoms with Gasteiger partial charge in [0.05, 0.1) is 0 Å². The predicted octanol–water partition coefficient (Wildman–Crippen LogP) is 7.49. The van der Waals surface area contributed by atoms with Crippen LogP contribution in [0.25, 0.3) is 0 Å². The van der Waals surface area contributed by atoms with E-state index >= 15 is 0 Å². The van der Waals surface area contributed by atoms with Gasteiger partial charge in [-0.3, -0.25) is 0 Å². The molecule has 3 rings (SSSR count). The van der Waals surface area contributed by atoms with E-state index in [4.69, 9.17) is 0 Å². The molecule has 1 aromatic carbocycles. The largest absolute Gasteiger partial charge is 0.103 e. The molecule has 0 amide bonds. The van der Waals surface area contributed by atoms with Crippen molar-refractivity contribution < 1.29 is 0 Å². The highest BCUT2D eigenvalue weighted by Gasteiger charge is 2.22. The Balaban J connectivity index is 1.49. The summed E-state index contributed by atoms with van der Waals surface area (Å²) in [7, 11) is 0. The molecule has 2 aliphatic rings. The zero-order valence-corrected chi connectivity index (χ0v) is 16.7. The number of benzene rings is 1. The van der Waals surface area contributed by atoms with E-state index in [2.05, 4.69) is 55.7 Å². The topological polar surface area (TPSA) is 0 Å². The van der Waals surface area contributed by atoms with Crippen LogP contribution in [0.1, 0.15) is 94.6 Å². The van der Waals surface area contributed by atoms with Crippen LogP contribution in [0, 0.1) is 29.6 Å². The van der Waals surface area contributed by atoms with Gasteiger partial charge in [-0.2, -0.15) is 0 Å². The molecule has 1 aromatic rings. The smallest absolute Gasteiger partial charge is 0.0245 e. The monoisotopic (exact) mass is 348 g/mol. The summed E-state index contributed by atoms with van der Waals surface area (Å²) in [5.74, 6) is 10.3. The fourth-order valence-corrected chi connectivity index (χ4v) is 4.88. The minimum Gasteiger partial charge on any atom is -0.103 e. The van der Waals surface area contributed by atoms with Crippen molar-refractivity contribution in [2.24, 2.45) is 17.8 Å². The number of rotatable bonds is 5. The first-order valence-electron chi connectivity index (χ1n) is 11.0. The van der Waals surface area contributed by atoms with Crippen molar-refractivity contribution >= 4 is 0 Å². The van der Waals surface area contributed by atoms with E-state index in [-0.39, 0.29) is 0 Å². The summed E-state index contributed by atoms with van der Waals surface area (Å²) in [6.45, 7) is 6.18. The Morgan fingerprint density at radius 3 is 2.19 bits per heavy atom. The number of hydrogen-bond donors (Lipinski definition) is 0. The molecule has 0 nitrogen and oxygen atoms in total. The molecule has 2 fully saturated rings. The molecule has 0 aromatic heterocycles. The summed E-state index contributed by atoms with van der Waals surface area (Å²) in [5.41, 5.74) is 2.73. The quantitative estimate of drug-likeness (QED) is 0.382. The molecule has 0 atom stereocenters. The van der Waals surface area contributed by atoms with E-state index in [0.29, 0.717) is 5.92 Å². The maximum absolute atomic E-state index is 3.86. The second kappa shape index (κ2) is 10.0. The third-order valence-electron chi connectivity index (χ3n) is 6.85. The lowest BCUT2D eigenvalue weighted by Crippen LogP contribution is -2.13. The van der Waals surface area contributed by atoms with Crippen molar-refractivity contribution in [3.8, 4) is 11.8 Å². The van der Waals surface area contributed by atoms with Crippen LogP contribution in [0.4, 0.5) is 0 Å². The van der Waals surface area contributed by atoms with Crippen LogP contribution in [0.3, 0.4) is 0 Å². The molecule has 0 aliphatic heterocycles. The Hall–Kier alpha value is -1.48. The van der Waals surface area contributed by atoms with Crippen LogP contribution in [0.15, 0.2) is 36.9 Å². The second-order valence-electron chi connectivity index (χ2n) is 8.60. The van der Waals surface area contributed by atoms with Crippen molar-refractivity contribution in [3.05, 3.63) is 48.0 Å². The number of allylic oxidation sites excluding steroid dienone is 1. The summed E-state index contributed by atoms with van der Waals surface area (Å²) in [6.07, 6.45) is 16.8. The van der Waals surface area contributed by atoms with Crippen LogP contribution in [0.2, 0.25) is 0 Å². The SMILES string of the molecule is C=CCC[C@H]1CC[C@H](c2ccc(C#C[C@H]3CC[C@H](CC)CC3)cc2)CC1. The van der Waals surface area contributed by atoms with Crippen LogP contribution in [-0.4, -0.2) is 0 Å². The summed E-state index contributed by atoms with van der Waals surface area (Å²) in [6, 6.07) is 9.19. The van der Waals surface area contributed by atoms with Crippen molar-refractivity contribution in [2.75, 3.05) is 0 Å². The lowest BCUT2D eigenvalue weighted by atomic mass is 9.77. The van der Waals surface area contributed by atoms with E-state index in [9.17, 15) is 0 Å². The minimum absolute atomic E-state index is 0.628. The second-order valence-corrected chi connectivity index (χ2v) is 8.60. The molecule has 0 unspecified atom stereocenters. The summed E-state index contributed by atoms with van der Waals surface area (Å²) in [4.78, 5) is 0. The number of hydrogen-bond acceptors (Lipinski definition) is 0. The molecule has 0 heteroatoms. The van der Waals surface area contributed by atoms with Gasteiger partial charge in [0.25, 0.3) is 0 Å². The van der Waals surface area contributed by atoms with Crippen molar-refractivity contribution in [2.45, 2.75) is 83.5 Å². The third-order valence-corrected chi connectivity index (χ3v) is 6.85. The maximum atomic E-state index is 3.86. The summed E-state index contributed by atoms with van der Waals surface area (Å²) in [5, 5.41) is 0. The molecule has 140 valence electrons. The normalized spacial score (nSPS) is 28.8. The van der Waals surface area contributed by atoms with Crippen molar-refractivity contribution in [3.63, 3.8) is 0 Å². The van der Waals surface area contributed by atoms with E-state index in [1.165, 1.54) is 81.8 Å². The van der Waals surface area contributed by atoms with E-state index < -0.39 is 0 Å². The molecule has 26 heavy (non-hydrogen) atoms. The van der Waals surface area contributed by atoms with Gasteiger partial charge in [-0.25, -0.2) is 0 Å². The van der Waals surface area contributed by atoms with Crippen molar-refractivity contribution in [1.82, 2.24) is 0 Å². The summed E-state index contributed by atoms with van der Waals surface area (Å²) >= 11 is 0. The van der Waals surface area contributed by atoms with Crippen LogP contribution in [-0.2, 0) is 0 Å². The average molecular weight is 349 g/mol. The van der Waals surface area contributed by atoms with Gasteiger partial charge in [0, 0.05) is 11.5 Å². The first kappa shape index (κ1) is 19.3. The van der Waals surface area contributed by atoms with Gasteiger partial charge in [-0.15, -0.1) is 6.58 Å². The summed E-state index contributed by atoms with van der Waals surface area (Å²) < 4.78 is 0. The first-order chi connectivity index (χ1) is 12.8. The zero-order chi connectivity index (χ0) is 18.2. The van der Waals surface area contributed by atoms with Crippen LogP contribution < -0.4 is 0 Å². The van der Waals surface area contributed by atoms with Gasteiger partial charge in [0.15, 0.2) is 0 Å². The molecule has 0 spiro atoms. The van der Waals surface area contributed by atoms with E-state index in [1.807, 2.05) is 0 Å². The molecule has 0 bridgehead atoms.